The summed E-state index contributed by atoms with van der Waals surface area (Å²) in [4.78, 5) is 22.9. The number of nitrogens with one attached hydrogen (secondary N) is 1. The molecule has 1 heterocycles. The molecule has 6 heteroatoms. The van der Waals surface area contributed by atoms with Crippen molar-refractivity contribution in [3.8, 4) is 0 Å². The van der Waals surface area contributed by atoms with Crippen molar-refractivity contribution in [3.05, 3.63) is 82.8 Å². The number of amides is 1. The van der Waals surface area contributed by atoms with Crippen molar-refractivity contribution in [2.45, 2.75) is 13.5 Å². The molecule has 0 saturated heterocycles. The van der Waals surface area contributed by atoms with Gasteiger partial charge in [-0.15, -0.1) is 0 Å². The van der Waals surface area contributed by atoms with Gasteiger partial charge in [0.25, 0.3) is 5.91 Å². The first-order valence-electron chi connectivity index (χ1n) is 8.17. The highest BCUT2D eigenvalue weighted by atomic mass is 35.5. The lowest BCUT2D eigenvalue weighted by atomic mass is 10.2. The largest absolute Gasteiger partial charge is 0.355 e. The van der Waals surface area contributed by atoms with Crippen LogP contribution in [0, 0.1) is 6.92 Å². The second-order valence-corrected chi connectivity index (χ2v) is 6.45. The number of hydrogen-bond acceptors (Lipinski definition) is 4. The highest BCUT2D eigenvalue weighted by molar-refractivity contribution is 6.30. The maximum absolute atomic E-state index is 12.5. The van der Waals surface area contributed by atoms with E-state index in [0.717, 1.165) is 11.1 Å². The molecule has 0 unspecified atom stereocenters. The third-order valence-corrected chi connectivity index (χ3v) is 4.21. The van der Waals surface area contributed by atoms with Crippen LogP contribution in [0.5, 0.6) is 0 Å². The number of nitrogens with zero attached hydrogens (tertiary/aromatic N) is 3. The van der Waals surface area contributed by atoms with Gasteiger partial charge in [-0.1, -0.05) is 41.9 Å². The summed E-state index contributed by atoms with van der Waals surface area (Å²) in [5.41, 5.74) is 3.07. The average Bonchev–Trinajstić information content (AvgIpc) is 2.65. The van der Waals surface area contributed by atoms with Crippen molar-refractivity contribution < 1.29 is 4.79 Å². The van der Waals surface area contributed by atoms with E-state index in [0.29, 0.717) is 28.8 Å². The highest BCUT2D eigenvalue weighted by Crippen LogP contribution is 2.20. The predicted octanol–water partition coefficient (Wildman–Crippen LogP) is 4.33. The Labute approximate surface area is 157 Å². The first-order chi connectivity index (χ1) is 12.5. The number of aromatic nitrogens is 2. The summed E-state index contributed by atoms with van der Waals surface area (Å²) in [5, 5.41) is 3.49. The van der Waals surface area contributed by atoms with Crippen molar-refractivity contribution in [1.29, 1.82) is 0 Å². The molecule has 2 aromatic carbocycles. The van der Waals surface area contributed by atoms with Gasteiger partial charge in [0.05, 0.1) is 0 Å². The van der Waals surface area contributed by atoms with E-state index in [1.54, 1.807) is 24.3 Å². The Hall–Kier alpha value is -2.92. The van der Waals surface area contributed by atoms with Crippen molar-refractivity contribution in [3.63, 3.8) is 0 Å². The number of carbonyl (C=O) groups is 1. The number of carbonyl (C=O) groups excluding carboxylic acids is 1. The number of halogens is 1. The van der Waals surface area contributed by atoms with Crippen LogP contribution in [0.25, 0.3) is 0 Å². The number of rotatable bonds is 5. The topological polar surface area (TPSA) is 58.1 Å². The van der Waals surface area contributed by atoms with Gasteiger partial charge in [0.15, 0.2) is 0 Å². The zero-order valence-corrected chi connectivity index (χ0v) is 15.4. The fourth-order valence-electron chi connectivity index (χ4n) is 2.57. The van der Waals surface area contributed by atoms with Crippen LogP contribution in [0.1, 0.15) is 21.6 Å². The predicted molar refractivity (Wildman–Crippen MR) is 105 cm³/mol. The smallest absolute Gasteiger partial charge is 0.274 e. The molecule has 0 atom stereocenters. The minimum absolute atomic E-state index is 0.285. The Bertz CT molecular complexity index is 915. The first-order valence-corrected chi connectivity index (χ1v) is 8.55. The SMILES string of the molecule is Cc1cc(Cl)ccc1NC(=O)c1cc(N(C)Cc2ccccc2)ncn1. The summed E-state index contributed by atoms with van der Waals surface area (Å²) in [7, 11) is 1.93. The molecule has 1 amide bonds. The molecular weight excluding hydrogens is 348 g/mol. The van der Waals surface area contributed by atoms with Crippen LogP contribution in [-0.4, -0.2) is 22.9 Å². The third kappa shape index (κ3) is 4.37. The second-order valence-electron chi connectivity index (χ2n) is 6.02. The van der Waals surface area contributed by atoms with Gasteiger partial charge in [-0.05, 0) is 36.2 Å². The minimum atomic E-state index is -0.285. The van der Waals surface area contributed by atoms with Crippen LogP contribution < -0.4 is 10.2 Å². The molecule has 1 N–H and O–H groups in total. The van der Waals surface area contributed by atoms with Gasteiger partial charge in [0, 0.05) is 30.4 Å². The van der Waals surface area contributed by atoms with Crippen molar-refractivity contribution in [1.82, 2.24) is 9.97 Å². The fourth-order valence-corrected chi connectivity index (χ4v) is 2.80. The van der Waals surface area contributed by atoms with Crippen LogP contribution >= 0.6 is 11.6 Å². The third-order valence-electron chi connectivity index (χ3n) is 3.98. The van der Waals surface area contributed by atoms with Crippen molar-refractivity contribution in [2.24, 2.45) is 0 Å². The molecule has 1 aromatic heterocycles. The van der Waals surface area contributed by atoms with Gasteiger partial charge in [0.1, 0.15) is 17.8 Å². The summed E-state index contributed by atoms with van der Waals surface area (Å²) < 4.78 is 0. The molecule has 132 valence electrons. The van der Waals surface area contributed by atoms with E-state index in [1.165, 1.54) is 6.33 Å². The quantitative estimate of drug-likeness (QED) is 0.730. The Balaban J connectivity index is 1.74. The Kier molecular flexibility index (Phi) is 5.49. The minimum Gasteiger partial charge on any atom is -0.355 e. The van der Waals surface area contributed by atoms with E-state index < -0.39 is 0 Å². The summed E-state index contributed by atoms with van der Waals surface area (Å²) in [5.74, 6) is 0.397. The lowest BCUT2D eigenvalue weighted by Gasteiger charge is -2.18. The van der Waals surface area contributed by atoms with E-state index >= 15 is 0 Å². The zero-order valence-electron chi connectivity index (χ0n) is 14.6. The van der Waals surface area contributed by atoms with E-state index in [4.69, 9.17) is 11.6 Å². The molecule has 0 aliphatic rings. The molecule has 0 radical (unpaired) electrons. The normalized spacial score (nSPS) is 10.4. The van der Waals surface area contributed by atoms with Crippen molar-refractivity contribution in [2.75, 3.05) is 17.3 Å². The highest BCUT2D eigenvalue weighted by Gasteiger charge is 2.12. The summed E-state index contributed by atoms with van der Waals surface area (Å²) in [6.07, 6.45) is 1.40. The molecular formula is C20H19ClN4O. The van der Waals surface area contributed by atoms with Crippen LogP contribution in [0.2, 0.25) is 5.02 Å². The Morgan fingerprint density at radius 1 is 1.12 bits per heavy atom. The molecule has 26 heavy (non-hydrogen) atoms. The lowest BCUT2D eigenvalue weighted by molar-refractivity contribution is 0.102. The number of benzene rings is 2. The number of aryl methyl sites for hydroxylation is 1. The summed E-state index contributed by atoms with van der Waals surface area (Å²) in [6.45, 7) is 2.58. The van der Waals surface area contributed by atoms with Gasteiger partial charge in [-0.2, -0.15) is 0 Å². The monoisotopic (exact) mass is 366 g/mol. The van der Waals surface area contributed by atoms with E-state index in [1.807, 2.05) is 37.1 Å². The second kappa shape index (κ2) is 7.97. The molecule has 3 aromatic rings. The molecule has 5 nitrogen and oxygen atoms in total. The average molecular weight is 367 g/mol. The molecule has 0 spiro atoms. The van der Waals surface area contributed by atoms with E-state index in [2.05, 4.69) is 27.4 Å². The van der Waals surface area contributed by atoms with E-state index in [-0.39, 0.29) is 5.91 Å². The van der Waals surface area contributed by atoms with Gasteiger partial charge >= 0.3 is 0 Å². The first kappa shape index (κ1) is 17.9. The zero-order chi connectivity index (χ0) is 18.5. The molecule has 0 aliphatic heterocycles. The van der Waals surface area contributed by atoms with Crippen LogP contribution in [0.15, 0.2) is 60.9 Å². The maximum Gasteiger partial charge on any atom is 0.274 e. The molecule has 0 fully saturated rings. The Morgan fingerprint density at radius 2 is 1.88 bits per heavy atom. The van der Waals surface area contributed by atoms with Crippen LogP contribution in [-0.2, 0) is 6.54 Å². The van der Waals surface area contributed by atoms with Gasteiger partial charge < -0.3 is 10.2 Å². The Morgan fingerprint density at radius 3 is 2.62 bits per heavy atom. The molecule has 0 aliphatic carbocycles. The van der Waals surface area contributed by atoms with Gasteiger partial charge in [0.2, 0.25) is 0 Å². The summed E-state index contributed by atoms with van der Waals surface area (Å²) >= 11 is 5.95. The maximum atomic E-state index is 12.5. The fraction of sp³-hybridized carbons (Fsp3) is 0.150. The molecule has 0 bridgehead atoms. The number of anilines is 2. The van der Waals surface area contributed by atoms with Gasteiger partial charge in [-0.3, -0.25) is 4.79 Å². The lowest BCUT2D eigenvalue weighted by Crippen LogP contribution is -2.20. The molecule has 0 saturated carbocycles. The summed E-state index contributed by atoms with van der Waals surface area (Å²) in [6, 6.07) is 17.1. The van der Waals surface area contributed by atoms with Crippen LogP contribution in [0.3, 0.4) is 0 Å². The van der Waals surface area contributed by atoms with E-state index in [9.17, 15) is 4.79 Å². The van der Waals surface area contributed by atoms with Crippen LogP contribution in [0.4, 0.5) is 11.5 Å². The standard InChI is InChI=1S/C20H19ClN4O/c1-14-10-16(21)8-9-17(14)24-20(26)18-11-19(23-13-22-18)25(2)12-15-6-4-3-5-7-15/h3-11,13H,12H2,1-2H3,(H,24,26). The van der Waals surface area contributed by atoms with Gasteiger partial charge in [-0.25, -0.2) is 9.97 Å². The van der Waals surface area contributed by atoms with Crippen molar-refractivity contribution >= 4 is 29.0 Å². The number of hydrogen-bond donors (Lipinski definition) is 1. The molecule has 3 rings (SSSR count).